The molecule has 1 aromatic carbocycles. The third-order valence-corrected chi connectivity index (χ3v) is 8.67. The number of methoxy groups -OCH3 is 1. The van der Waals surface area contributed by atoms with Crippen LogP contribution in [0.15, 0.2) is 29.1 Å². The van der Waals surface area contributed by atoms with Gasteiger partial charge in [-0.3, -0.25) is 9.69 Å². The van der Waals surface area contributed by atoms with Crippen LogP contribution in [0.4, 0.5) is 0 Å². The highest BCUT2D eigenvalue weighted by molar-refractivity contribution is 5.87. The first-order valence-corrected chi connectivity index (χ1v) is 11.7. The molecule has 4 aliphatic rings. The van der Waals surface area contributed by atoms with Crippen molar-refractivity contribution in [2.75, 3.05) is 26.0 Å². The summed E-state index contributed by atoms with van der Waals surface area (Å²) in [5, 5.41) is 22.1. The zero-order valence-corrected chi connectivity index (χ0v) is 18.7. The van der Waals surface area contributed by atoms with E-state index >= 15 is 0 Å². The molecule has 2 heterocycles. The van der Waals surface area contributed by atoms with Gasteiger partial charge in [-0.1, -0.05) is 6.07 Å². The van der Waals surface area contributed by atoms with Crippen LogP contribution in [0.3, 0.4) is 0 Å². The standard InChI is InChI=1S/C25H29N3O5/c1-33-17-5-4-15-9-21-25(32)11-16-8-18(23(30)31)22(29)28(26)20(16)12-24(25,19(15)10-17)6-7-27(21)13-14-2-3-14/h4-5,8,10,14,21,32H,2-3,6-7,9,11-13,26H2,1H3,(H,30,31)/t21-,24-,25-/m1/s1. The first-order valence-electron chi connectivity index (χ1n) is 11.7. The molecular formula is C25H29N3O5. The molecule has 2 aromatic rings. The molecule has 1 saturated carbocycles. The Labute approximate surface area is 191 Å². The van der Waals surface area contributed by atoms with Gasteiger partial charge >= 0.3 is 5.97 Å². The molecular weight excluding hydrogens is 422 g/mol. The highest BCUT2D eigenvalue weighted by atomic mass is 16.5. The second-order valence-electron chi connectivity index (χ2n) is 10.3. The molecule has 1 aliphatic heterocycles. The monoisotopic (exact) mass is 451 g/mol. The fourth-order valence-electron chi connectivity index (χ4n) is 6.79. The SMILES string of the molecule is COc1ccc2c(c1)[C@]13CCN(CC4CC4)[C@H](C2)[C@]1(O)Cc1cc(C(=O)O)c(=O)n(N)c1C3. The van der Waals surface area contributed by atoms with Crippen LogP contribution in [0.25, 0.3) is 0 Å². The van der Waals surface area contributed by atoms with Crippen molar-refractivity contribution in [2.24, 2.45) is 5.92 Å². The van der Waals surface area contributed by atoms with Crippen molar-refractivity contribution >= 4 is 5.97 Å². The van der Waals surface area contributed by atoms with E-state index in [2.05, 4.69) is 11.0 Å². The third kappa shape index (κ3) is 2.77. The number of nitrogens with two attached hydrogens (primary N) is 1. The maximum absolute atomic E-state index is 12.7. The number of nitrogen functional groups attached to an aromatic ring is 1. The fourth-order valence-corrected chi connectivity index (χ4v) is 6.79. The Kier molecular flexibility index (Phi) is 4.30. The summed E-state index contributed by atoms with van der Waals surface area (Å²) < 4.78 is 6.52. The average molecular weight is 452 g/mol. The molecule has 174 valence electrons. The lowest BCUT2D eigenvalue weighted by Gasteiger charge is -2.64. The van der Waals surface area contributed by atoms with Crippen LogP contribution >= 0.6 is 0 Å². The lowest BCUT2D eigenvalue weighted by molar-refractivity contribution is -0.152. The Morgan fingerprint density at radius 3 is 2.73 bits per heavy atom. The summed E-state index contributed by atoms with van der Waals surface area (Å²) in [5.74, 6) is 6.31. The Morgan fingerprint density at radius 2 is 2.03 bits per heavy atom. The molecule has 0 radical (unpaired) electrons. The van der Waals surface area contributed by atoms with Crippen LogP contribution in [0.5, 0.6) is 5.75 Å². The van der Waals surface area contributed by atoms with Crippen molar-refractivity contribution in [3.05, 3.63) is 62.6 Å². The van der Waals surface area contributed by atoms with E-state index in [1.165, 1.54) is 24.5 Å². The van der Waals surface area contributed by atoms with Crippen molar-refractivity contribution < 1.29 is 19.7 Å². The Bertz CT molecular complexity index is 1240. The minimum atomic E-state index is -1.30. The van der Waals surface area contributed by atoms with E-state index in [1.807, 2.05) is 12.1 Å². The normalized spacial score (nSPS) is 30.2. The molecule has 0 unspecified atom stereocenters. The summed E-state index contributed by atoms with van der Waals surface area (Å²) in [6, 6.07) is 7.45. The second kappa shape index (κ2) is 6.84. The Morgan fingerprint density at radius 1 is 1.24 bits per heavy atom. The number of pyridine rings is 1. The molecule has 3 aliphatic carbocycles. The highest BCUT2D eigenvalue weighted by Crippen LogP contribution is 2.57. The number of aromatic nitrogens is 1. The molecule has 1 aromatic heterocycles. The summed E-state index contributed by atoms with van der Waals surface area (Å²) >= 11 is 0. The molecule has 8 nitrogen and oxygen atoms in total. The largest absolute Gasteiger partial charge is 0.497 e. The number of rotatable bonds is 4. The van der Waals surface area contributed by atoms with Crippen molar-refractivity contribution in [1.29, 1.82) is 0 Å². The van der Waals surface area contributed by atoms with Crippen LogP contribution in [0, 0.1) is 5.92 Å². The number of fused-ring (bicyclic) bond motifs is 2. The maximum atomic E-state index is 12.7. The molecule has 2 fully saturated rings. The van der Waals surface area contributed by atoms with E-state index < -0.39 is 22.5 Å². The number of benzene rings is 1. The van der Waals surface area contributed by atoms with Crippen LogP contribution < -0.4 is 16.1 Å². The molecule has 3 atom stereocenters. The van der Waals surface area contributed by atoms with Gasteiger partial charge in [0.05, 0.1) is 12.7 Å². The third-order valence-electron chi connectivity index (χ3n) is 8.67. The average Bonchev–Trinajstić information content (AvgIpc) is 3.60. The molecule has 4 N–H and O–H groups in total. The van der Waals surface area contributed by atoms with Gasteiger partial charge in [0.25, 0.3) is 5.56 Å². The van der Waals surface area contributed by atoms with Gasteiger partial charge < -0.3 is 20.8 Å². The van der Waals surface area contributed by atoms with Crippen molar-refractivity contribution in [3.8, 4) is 5.75 Å². The zero-order valence-electron chi connectivity index (χ0n) is 18.7. The minimum absolute atomic E-state index is 0.0766. The maximum Gasteiger partial charge on any atom is 0.341 e. The van der Waals surface area contributed by atoms with E-state index in [0.717, 1.165) is 41.9 Å². The molecule has 1 saturated heterocycles. The summed E-state index contributed by atoms with van der Waals surface area (Å²) in [4.78, 5) is 26.8. The molecule has 2 bridgehead atoms. The molecule has 0 spiro atoms. The number of hydrogen-bond donors (Lipinski definition) is 3. The van der Waals surface area contributed by atoms with Crippen LogP contribution in [-0.4, -0.2) is 57.6 Å². The van der Waals surface area contributed by atoms with Gasteiger partial charge in [0.1, 0.15) is 11.3 Å². The van der Waals surface area contributed by atoms with Gasteiger partial charge in [-0.25, -0.2) is 9.47 Å². The predicted molar refractivity (Wildman–Crippen MR) is 121 cm³/mol. The number of hydrogen-bond acceptors (Lipinski definition) is 6. The zero-order chi connectivity index (χ0) is 23.1. The number of ether oxygens (including phenoxy) is 1. The van der Waals surface area contributed by atoms with E-state index in [1.54, 1.807) is 7.11 Å². The predicted octanol–water partition coefficient (Wildman–Crippen LogP) is 1.08. The number of carbonyl (C=O) groups is 1. The Balaban J connectivity index is 1.57. The summed E-state index contributed by atoms with van der Waals surface area (Å²) in [6.45, 7) is 1.86. The number of aliphatic hydroxyl groups is 1. The number of piperidine rings is 1. The molecule has 0 amide bonds. The summed E-state index contributed by atoms with van der Waals surface area (Å²) in [6.07, 6.45) is 4.60. The van der Waals surface area contributed by atoms with E-state index in [0.29, 0.717) is 23.6 Å². The smallest absolute Gasteiger partial charge is 0.341 e. The van der Waals surface area contributed by atoms with Gasteiger partial charge in [0, 0.05) is 36.5 Å². The van der Waals surface area contributed by atoms with Crippen LogP contribution in [-0.2, 0) is 24.7 Å². The van der Waals surface area contributed by atoms with Crippen LogP contribution in [0.1, 0.15) is 52.0 Å². The van der Waals surface area contributed by atoms with Gasteiger partial charge in [0.2, 0.25) is 0 Å². The molecule has 33 heavy (non-hydrogen) atoms. The second-order valence-corrected chi connectivity index (χ2v) is 10.3. The number of nitrogens with zero attached hydrogens (tertiary/aromatic N) is 2. The fraction of sp³-hybridized carbons (Fsp3) is 0.520. The van der Waals surface area contributed by atoms with Gasteiger partial charge in [-0.05, 0) is 73.0 Å². The summed E-state index contributed by atoms with van der Waals surface area (Å²) in [5.41, 5.74) is 0.734. The first kappa shape index (κ1) is 20.7. The van der Waals surface area contributed by atoms with Gasteiger partial charge in [-0.2, -0.15) is 0 Å². The quantitative estimate of drug-likeness (QED) is 0.595. The molecule has 8 heteroatoms. The van der Waals surface area contributed by atoms with Crippen LogP contribution in [0.2, 0.25) is 0 Å². The van der Waals surface area contributed by atoms with Crippen molar-refractivity contribution in [1.82, 2.24) is 9.58 Å². The lowest BCUT2D eigenvalue weighted by atomic mass is 9.49. The van der Waals surface area contributed by atoms with Gasteiger partial charge in [-0.15, -0.1) is 0 Å². The van der Waals surface area contributed by atoms with Crippen molar-refractivity contribution in [2.45, 2.75) is 55.6 Å². The highest BCUT2D eigenvalue weighted by Gasteiger charge is 2.65. The Hall–Kier alpha value is -2.84. The topological polar surface area (TPSA) is 118 Å². The van der Waals surface area contributed by atoms with Gasteiger partial charge in [0.15, 0.2) is 0 Å². The number of carboxylic acid groups (broad SMARTS) is 1. The number of carboxylic acids is 1. The number of aromatic carboxylic acids is 1. The number of likely N-dealkylation sites (tertiary alicyclic amines) is 1. The lowest BCUT2D eigenvalue weighted by Crippen LogP contribution is -2.74. The van der Waals surface area contributed by atoms with E-state index in [4.69, 9.17) is 10.6 Å². The minimum Gasteiger partial charge on any atom is -0.497 e. The molecule has 6 rings (SSSR count). The van der Waals surface area contributed by atoms with E-state index in [9.17, 15) is 19.8 Å². The first-order chi connectivity index (χ1) is 15.8. The summed E-state index contributed by atoms with van der Waals surface area (Å²) in [7, 11) is 1.64. The van der Waals surface area contributed by atoms with Crippen molar-refractivity contribution in [3.63, 3.8) is 0 Å². The van der Waals surface area contributed by atoms with E-state index in [-0.39, 0.29) is 18.0 Å².